The van der Waals surface area contributed by atoms with E-state index in [1.807, 2.05) is 0 Å². The predicted molar refractivity (Wildman–Crippen MR) is 55.3 cm³/mol. The molecule has 0 spiro atoms. The molecule has 0 saturated carbocycles. The van der Waals surface area contributed by atoms with Crippen LogP contribution in [0.15, 0.2) is 0 Å². The largest absolute Gasteiger partial charge is 0.393 e. The van der Waals surface area contributed by atoms with Gasteiger partial charge in [0.1, 0.15) is 0 Å². The number of hydrogen-bond donors (Lipinski definition) is 1. The molecule has 0 aliphatic heterocycles. The Morgan fingerprint density at radius 1 is 1.50 bits per heavy atom. The molecule has 1 heterocycles. The highest BCUT2D eigenvalue weighted by molar-refractivity contribution is 5.29. The Hall–Kier alpha value is -0.830. The van der Waals surface area contributed by atoms with Crippen molar-refractivity contribution in [1.29, 1.82) is 0 Å². The molecule has 1 unspecified atom stereocenters. The number of hydrogen-bond acceptors (Lipinski definition) is 2. The molecular formula is C11H18N2O. The summed E-state index contributed by atoms with van der Waals surface area (Å²) in [6.45, 7) is 5.19. The number of aromatic nitrogens is 2. The van der Waals surface area contributed by atoms with Crippen molar-refractivity contribution < 1.29 is 5.11 Å². The monoisotopic (exact) mass is 194 g/mol. The molecule has 0 saturated heterocycles. The average Bonchev–Trinajstić information content (AvgIpc) is 2.55. The van der Waals surface area contributed by atoms with E-state index >= 15 is 0 Å². The van der Waals surface area contributed by atoms with Crippen LogP contribution in [0.3, 0.4) is 0 Å². The zero-order valence-electron chi connectivity index (χ0n) is 8.95. The molecule has 1 aromatic rings. The number of aliphatic hydroxyl groups excluding tert-OH is 1. The SMILES string of the molecule is CCc1nn(CC)c2c1CC(O)CC2. The molecule has 1 aliphatic rings. The van der Waals surface area contributed by atoms with Gasteiger partial charge in [-0.25, -0.2) is 0 Å². The van der Waals surface area contributed by atoms with Gasteiger partial charge in [0, 0.05) is 18.7 Å². The highest BCUT2D eigenvalue weighted by atomic mass is 16.3. The van der Waals surface area contributed by atoms with E-state index in [4.69, 9.17) is 0 Å². The van der Waals surface area contributed by atoms with Crippen molar-refractivity contribution in [2.24, 2.45) is 0 Å². The molecule has 2 rings (SSSR count). The van der Waals surface area contributed by atoms with Crippen LogP contribution in [0.1, 0.15) is 37.2 Å². The minimum absolute atomic E-state index is 0.151. The number of aliphatic hydroxyl groups is 1. The molecule has 0 aromatic carbocycles. The molecule has 0 bridgehead atoms. The van der Waals surface area contributed by atoms with Gasteiger partial charge < -0.3 is 5.11 Å². The summed E-state index contributed by atoms with van der Waals surface area (Å²) in [6.07, 6.45) is 3.50. The third-order valence-electron chi connectivity index (χ3n) is 3.04. The Kier molecular flexibility index (Phi) is 2.59. The summed E-state index contributed by atoms with van der Waals surface area (Å²) in [5.41, 5.74) is 3.85. The maximum absolute atomic E-state index is 9.62. The van der Waals surface area contributed by atoms with E-state index in [0.29, 0.717) is 0 Å². The fraction of sp³-hybridized carbons (Fsp3) is 0.727. The highest BCUT2D eigenvalue weighted by Crippen LogP contribution is 2.24. The van der Waals surface area contributed by atoms with Crippen molar-refractivity contribution in [3.05, 3.63) is 17.0 Å². The lowest BCUT2D eigenvalue weighted by molar-refractivity contribution is 0.157. The number of fused-ring (bicyclic) bond motifs is 1. The molecule has 1 aliphatic carbocycles. The Morgan fingerprint density at radius 2 is 2.29 bits per heavy atom. The minimum Gasteiger partial charge on any atom is -0.393 e. The van der Waals surface area contributed by atoms with Crippen LogP contribution in [0.5, 0.6) is 0 Å². The first-order valence-corrected chi connectivity index (χ1v) is 5.51. The zero-order valence-corrected chi connectivity index (χ0v) is 8.95. The zero-order chi connectivity index (χ0) is 10.1. The summed E-state index contributed by atoms with van der Waals surface area (Å²) >= 11 is 0. The van der Waals surface area contributed by atoms with Gasteiger partial charge in [-0.05, 0) is 31.7 Å². The number of nitrogens with zero attached hydrogens (tertiary/aromatic N) is 2. The average molecular weight is 194 g/mol. The van der Waals surface area contributed by atoms with Crippen LogP contribution >= 0.6 is 0 Å². The molecule has 1 N–H and O–H groups in total. The van der Waals surface area contributed by atoms with Gasteiger partial charge in [0.15, 0.2) is 0 Å². The molecule has 0 radical (unpaired) electrons. The van der Waals surface area contributed by atoms with E-state index in [0.717, 1.165) is 32.2 Å². The molecular weight excluding hydrogens is 176 g/mol. The summed E-state index contributed by atoms with van der Waals surface area (Å²) in [5, 5.41) is 14.2. The Labute approximate surface area is 84.7 Å². The summed E-state index contributed by atoms with van der Waals surface area (Å²) in [6, 6.07) is 0. The second-order valence-corrected chi connectivity index (χ2v) is 3.94. The molecule has 3 nitrogen and oxygen atoms in total. The van der Waals surface area contributed by atoms with Gasteiger partial charge >= 0.3 is 0 Å². The first-order chi connectivity index (χ1) is 6.76. The van der Waals surface area contributed by atoms with Gasteiger partial charge in [0.2, 0.25) is 0 Å². The topological polar surface area (TPSA) is 38.0 Å². The lowest BCUT2D eigenvalue weighted by Gasteiger charge is -2.18. The van der Waals surface area contributed by atoms with E-state index in [-0.39, 0.29) is 6.10 Å². The van der Waals surface area contributed by atoms with E-state index in [2.05, 4.69) is 23.6 Å². The van der Waals surface area contributed by atoms with Crippen molar-refractivity contribution in [2.75, 3.05) is 0 Å². The Bertz CT molecular complexity index is 330. The van der Waals surface area contributed by atoms with Crippen molar-refractivity contribution in [3.63, 3.8) is 0 Å². The van der Waals surface area contributed by atoms with Gasteiger partial charge in [-0.2, -0.15) is 5.10 Å². The van der Waals surface area contributed by atoms with Gasteiger partial charge in [0.25, 0.3) is 0 Å². The van der Waals surface area contributed by atoms with E-state index in [1.165, 1.54) is 17.0 Å². The van der Waals surface area contributed by atoms with Crippen LogP contribution in [0.4, 0.5) is 0 Å². The van der Waals surface area contributed by atoms with Crippen molar-refractivity contribution in [3.8, 4) is 0 Å². The van der Waals surface area contributed by atoms with Crippen molar-refractivity contribution in [1.82, 2.24) is 9.78 Å². The first kappa shape index (κ1) is 9.71. The first-order valence-electron chi connectivity index (χ1n) is 5.51. The normalized spacial score (nSPS) is 20.9. The molecule has 3 heteroatoms. The summed E-state index contributed by atoms with van der Waals surface area (Å²) in [4.78, 5) is 0. The number of aryl methyl sites for hydroxylation is 2. The van der Waals surface area contributed by atoms with Crippen LogP contribution in [0.2, 0.25) is 0 Å². The predicted octanol–water partition coefficient (Wildman–Crippen LogP) is 1.31. The second kappa shape index (κ2) is 3.73. The smallest absolute Gasteiger partial charge is 0.0657 e. The third kappa shape index (κ3) is 1.46. The summed E-state index contributed by atoms with van der Waals surface area (Å²) in [7, 11) is 0. The van der Waals surface area contributed by atoms with Gasteiger partial charge in [-0.15, -0.1) is 0 Å². The Balaban J connectivity index is 2.42. The van der Waals surface area contributed by atoms with E-state index in [1.54, 1.807) is 0 Å². The standard InChI is InChI=1S/C11H18N2O/c1-3-10-9-7-8(14)5-6-11(9)13(4-2)12-10/h8,14H,3-7H2,1-2H3. The van der Waals surface area contributed by atoms with Crippen molar-refractivity contribution in [2.45, 2.75) is 52.2 Å². The van der Waals surface area contributed by atoms with E-state index < -0.39 is 0 Å². The third-order valence-corrected chi connectivity index (χ3v) is 3.04. The lowest BCUT2D eigenvalue weighted by atomic mass is 9.93. The summed E-state index contributed by atoms with van der Waals surface area (Å²) in [5.74, 6) is 0. The minimum atomic E-state index is -0.151. The second-order valence-electron chi connectivity index (χ2n) is 3.94. The van der Waals surface area contributed by atoms with Crippen LogP contribution in [-0.2, 0) is 25.8 Å². The number of rotatable bonds is 2. The molecule has 1 atom stereocenters. The van der Waals surface area contributed by atoms with Gasteiger partial charge in [-0.3, -0.25) is 4.68 Å². The summed E-state index contributed by atoms with van der Waals surface area (Å²) < 4.78 is 2.10. The Morgan fingerprint density at radius 3 is 2.93 bits per heavy atom. The van der Waals surface area contributed by atoms with Crippen LogP contribution in [0.25, 0.3) is 0 Å². The molecule has 1 aromatic heterocycles. The van der Waals surface area contributed by atoms with Crippen LogP contribution < -0.4 is 0 Å². The van der Waals surface area contributed by atoms with Gasteiger partial charge in [0.05, 0.1) is 11.8 Å². The molecule has 78 valence electrons. The van der Waals surface area contributed by atoms with Crippen molar-refractivity contribution >= 4 is 0 Å². The fourth-order valence-electron chi connectivity index (χ4n) is 2.29. The highest BCUT2D eigenvalue weighted by Gasteiger charge is 2.23. The van der Waals surface area contributed by atoms with E-state index in [9.17, 15) is 5.11 Å². The fourth-order valence-corrected chi connectivity index (χ4v) is 2.29. The molecule has 0 fully saturated rings. The maximum Gasteiger partial charge on any atom is 0.0657 e. The van der Waals surface area contributed by atoms with Crippen LogP contribution in [-0.4, -0.2) is 21.0 Å². The van der Waals surface area contributed by atoms with Crippen LogP contribution in [0, 0.1) is 0 Å². The lowest BCUT2D eigenvalue weighted by Crippen LogP contribution is -2.20. The molecule has 0 amide bonds. The maximum atomic E-state index is 9.62. The molecule has 14 heavy (non-hydrogen) atoms. The van der Waals surface area contributed by atoms with Gasteiger partial charge in [-0.1, -0.05) is 6.92 Å². The quantitative estimate of drug-likeness (QED) is 0.771.